The van der Waals surface area contributed by atoms with Gasteiger partial charge >= 0.3 is 0 Å². The van der Waals surface area contributed by atoms with Gasteiger partial charge in [0.1, 0.15) is 23.1 Å². The summed E-state index contributed by atoms with van der Waals surface area (Å²) in [6.07, 6.45) is 0. The van der Waals surface area contributed by atoms with E-state index in [0.717, 1.165) is 10.7 Å². The second kappa shape index (κ2) is 4.46. The summed E-state index contributed by atoms with van der Waals surface area (Å²) < 4.78 is 37.7. The summed E-state index contributed by atoms with van der Waals surface area (Å²) in [6.45, 7) is 1.45. The third-order valence-corrected chi connectivity index (χ3v) is 3.40. The molecule has 0 aliphatic carbocycles. The fourth-order valence-electron chi connectivity index (χ4n) is 1.68. The lowest BCUT2D eigenvalue weighted by molar-refractivity contribution is 0.577. The van der Waals surface area contributed by atoms with Gasteiger partial charge in [0.15, 0.2) is 5.03 Å². The number of sulfonamides is 1. The molecule has 6 nitrogen and oxygen atoms in total. The van der Waals surface area contributed by atoms with Crippen LogP contribution in [0.2, 0.25) is 0 Å². The van der Waals surface area contributed by atoms with Crippen LogP contribution in [0.3, 0.4) is 0 Å². The third kappa shape index (κ3) is 2.21. The van der Waals surface area contributed by atoms with Crippen molar-refractivity contribution >= 4 is 10.0 Å². The Labute approximate surface area is 108 Å². The number of halogens is 1. The molecule has 0 radical (unpaired) electrons. The Balaban J connectivity index is 2.88. The number of nitrogens with zero attached hydrogens (tertiary/aromatic N) is 3. The van der Waals surface area contributed by atoms with Gasteiger partial charge in [-0.05, 0) is 19.1 Å². The Morgan fingerprint density at radius 2 is 2.05 bits per heavy atom. The van der Waals surface area contributed by atoms with E-state index in [1.54, 1.807) is 6.07 Å². The fraction of sp³-hybridized carbons (Fsp3) is 0.0909. The molecular weight excluding hydrogens is 271 g/mol. The number of hydrogen-bond donors (Lipinski definition) is 1. The van der Waals surface area contributed by atoms with Gasteiger partial charge in [-0.2, -0.15) is 10.4 Å². The van der Waals surface area contributed by atoms with Gasteiger partial charge < -0.3 is 0 Å². The molecule has 8 heteroatoms. The molecule has 2 rings (SSSR count). The molecule has 1 aromatic carbocycles. The minimum atomic E-state index is -4.21. The molecule has 0 amide bonds. The van der Waals surface area contributed by atoms with Crippen LogP contribution in [0.5, 0.6) is 0 Å². The molecule has 0 saturated heterocycles. The normalized spacial score (nSPS) is 11.3. The van der Waals surface area contributed by atoms with Crippen molar-refractivity contribution in [1.29, 1.82) is 5.26 Å². The molecule has 2 N–H and O–H groups in total. The first-order chi connectivity index (χ1) is 8.86. The maximum Gasteiger partial charge on any atom is 0.257 e. The standard InChI is InChI=1S/C11H9FN4O2S/c1-7-8(6-13)11(19(14,17)18)16(15-7)10-5-3-2-4-9(10)12/h2-5H,1H3,(H2,14,17,18). The highest BCUT2D eigenvalue weighted by Gasteiger charge is 2.26. The predicted octanol–water partition coefficient (Wildman–Crippen LogP) is 0.839. The summed E-state index contributed by atoms with van der Waals surface area (Å²) in [5, 5.41) is 17.4. The van der Waals surface area contributed by atoms with Gasteiger partial charge in [0.05, 0.1) is 5.69 Å². The molecule has 0 saturated carbocycles. The quantitative estimate of drug-likeness (QED) is 0.880. The first-order valence-electron chi connectivity index (χ1n) is 5.13. The number of aryl methyl sites for hydroxylation is 1. The molecule has 2 aromatic rings. The van der Waals surface area contributed by atoms with Crippen LogP contribution in [0.15, 0.2) is 29.3 Å². The van der Waals surface area contributed by atoms with Crippen LogP contribution in [0.25, 0.3) is 5.69 Å². The van der Waals surface area contributed by atoms with E-state index in [0.29, 0.717) is 0 Å². The van der Waals surface area contributed by atoms with E-state index in [1.807, 2.05) is 0 Å². The Bertz CT molecular complexity index is 790. The zero-order valence-corrected chi connectivity index (χ0v) is 10.6. The topological polar surface area (TPSA) is 102 Å². The van der Waals surface area contributed by atoms with E-state index < -0.39 is 20.9 Å². The Kier molecular flexibility index (Phi) is 3.09. The van der Waals surface area contributed by atoms with E-state index in [-0.39, 0.29) is 16.9 Å². The number of aromatic nitrogens is 2. The zero-order valence-electron chi connectivity index (χ0n) is 9.83. The SMILES string of the molecule is Cc1nn(-c2ccccc2F)c(S(N)(=O)=O)c1C#N. The van der Waals surface area contributed by atoms with Crippen molar-refractivity contribution in [2.24, 2.45) is 5.14 Å². The van der Waals surface area contributed by atoms with E-state index in [4.69, 9.17) is 10.4 Å². The number of primary sulfonamides is 1. The van der Waals surface area contributed by atoms with E-state index in [9.17, 15) is 12.8 Å². The van der Waals surface area contributed by atoms with Gasteiger partial charge in [-0.3, -0.25) is 0 Å². The molecule has 19 heavy (non-hydrogen) atoms. The Morgan fingerprint density at radius 3 is 2.58 bits per heavy atom. The molecule has 0 spiro atoms. The van der Waals surface area contributed by atoms with Crippen LogP contribution in [0.4, 0.5) is 4.39 Å². The van der Waals surface area contributed by atoms with Crippen molar-refractivity contribution in [3.05, 3.63) is 41.3 Å². The molecule has 1 aromatic heterocycles. The van der Waals surface area contributed by atoms with Crippen LogP contribution in [0.1, 0.15) is 11.3 Å². The van der Waals surface area contributed by atoms with Gasteiger partial charge in [-0.15, -0.1) is 0 Å². The Morgan fingerprint density at radius 1 is 1.42 bits per heavy atom. The number of benzene rings is 1. The van der Waals surface area contributed by atoms with E-state index >= 15 is 0 Å². The van der Waals surface area contributed by atoms with Crippen molar-refractivity contribution in [3.63, 3.8) is 0 Å². The average molecular weight is 280 g/mol. The lowest BCUT2D eigenvalue weighted by Gasteiger charge is -2.06. The molecule has 0 unspecified atom stereocenters. The summed E-state index contributed by atoms with van der Waals surface area (Å²) in [4.78, 5) is 0. The maximum atomic E-state index is 13.7. The van der Waals surface area contributed by atoms with Gasteiger partial charge in [-0.1, -0.05) is 12.1 Å². The summed E-state index contributed by atoms with van der Waals surface area (Å²) in [7, 11) is -4.21. The van der Waals surface area contributed by atoms with Gasteiger partial charge in [0, 0.05) is 0 Å². The lowest BCUT2D eigenvalue weighted by atomic mass is 10.3. The molecule has 0 fully saturated rings. The summed E-state index contributed by atoms with van der Waals surface area (Å²) in [5.41, 5.74) is -0.114. The second-order valence-electron chi connectivity index (χ2n) is 3.79. The zero-order chi connectivity index (χ0) is 14.2. The number of nitrogens with two attached hydrogens (primary N) is 1. The monoisotopic (exact) mass is 280 g/mol. The number of para-hydroxylation sites is 1. The van der Waals surface area contributed by atoms with Crippen LogP contribution in [-0.4, -0.2) is 18.2 Å². The molecule has 0 bridgehead atoms. The highest BCUT2D eigenvalue weighted by atomic mass is 32.2. The van der Waals surface area contributed by atoms with Crippen LogP contribution in [0, 0.1) is 24.1 Å². The molecule has 0 aliphatic rings. The van der Waals surface area contributed by atoms with Gasteiger partial charge in [0.2, 0.25) is 0 Å². The van der Waals surface area contributed by atoms with Crippen LogP contribution >= 0.6 is 0 Å². The highest BCUT2D eigenvalue weighted by Crippen LogP contribution is 2.22. The van der Waals surface area contributed by atoms with Gasteiger partial charge in [0.25, 0.3) is 10.0 Å². The molecule has 1 heterocycles. The smallest absolute Gasteiger partial charge is 0.223 e. The second-order valence-corrected chi connectivity index (χ2v) is 5.26. The van der Waals surface area contributed by atoms with Crippen molar-refractivity contribution in [2.45, 2.75) is 11.9 Å². The van der Waals surface area contributed by atoms with E-state index in [2.05, 4.69) is 5.10 Å². The number of nitriles is 1. The van der Waals surface area contributed by atoms with Crippen molar-refractivity contribution in [3.8, 4) is 11.8 Å². The van der Waals surface area contributed by atoms with Crippen molar-refractivity contribution in [2.75, 3.05) is 0 Å². The highest BCUT2D eigenvalue weighted by molar-refractivity contribution is 7.89. The minimum Gasteiger partial charge on any atom is -0.223 e. The molecule has 0 aliphatic heterocycles. The molecule has 98 valence electrons. The predicted molar refractivity (Wildman–Crippen MR) is 64.3 cm³/mol. The fourth-order valence-corrected chi connectivity index (χ4v) is 2.54. The Hall–Kier alpha value is -2.24. The average Bonchev–Trinajstić information content (AvgIpc) is 2.66. The summed E-state index contributed by atoms with van der Waals surface area (Å²) in [6, 6.07) is 7.20. The van der Waals surface area contributed by atoms with Crippen LogP contribution < -0.4 is 5.14 Å². The maximum absolute atomic E-state index is 13.7. The third-order valence-electron chi connectivity index (χ3n) is 2.48. The first-order valence-corrected chi connectivity index (χ1v) is 6.68. The van der Waals surface area contributed by atoms with Crippen LogP contribution in [-0.2, 0) is 10.0 Å². The summed E-state index contributed by atoms with van der Waals surface area (Å²) >= 11 is 0. The minimum absolute atomic E-state index is 0.0869. The molecule has 0 atom stereocenters. The first kappa shape index (κ1) is 13.2. The van der Waals surface area contributed by atoms with Crippen molar-refractivity contribution < 1.29 is 12.8 Å². The van der Waals surface area contributed by atoms with E-state index in [1.165, 1.54) is 25.1 Å². The number of rotatable bonds is 2. The number of hydrogen-bond acceptors (Lipinski definition) is 4. The van der Waals surface area contributed by atoms with Crippen molar-refractivity contribution in [1.82, 2.24) is 9.78 Å². The molecular formula is C11H9FN4O2S. The van der Waals surface area contributed by atoms with Gasteiger partial charge in [-0.25, -0.2) is 22.6 Å². The summed E-state index contributed by atoms with van der Waals surface area (Å²) in [5.74, 6) is -0.667. The lowest BCUT2D eigenvalue weighted by Crippen LogP contribution is -2.19. The largest absolute Gasteiger partial charge is 0.257 e.